The van der Waals surface area contributed by atoms with Crippen molar-refractivity contribution in [3.05, 3.63) is 18.1 Å². The summed E-state index contributed by atoms with van der Waals surface area (Å²) < 4.78 is 0. The molecule has 2 aromatic rings. The maximum atomic E-state index is 8.85. The van der Waals surface area contributed by atoms with Gasteiger partial charge in [0.1, 0.15) is 17.3 Å². The molecule has 0 aliphatic carbocycles. The van der Waals surface area contributed by atoms with Crippen molar-refractivity contribution in [3.8, 4) is 0 Å². The molecule has 0 saturated heterocycles. The van der Waals surface area contributed by atoms with Crippen molar-refractivity contribution in [1.29, 1.82) is 0 Å². The Morgan fingerprint density at radius 1 is 1.47 bits per heavy atom. The average molecular weight is 206 g/mol. The van der Waals surface area contributed by atoms with Gasteiger partial charge < -0.3 is 15.4 Å². The van der Waals surface area contributed by atoms with Gasteiger partial charge in [-0.15, -0.1) is 0 Å². The Morgan fingerprint density at radius 2 is 2.33 bits per heavy atom. The molecule has 0 bridgehead atoms. The lowest BCUT2D eigenvalue weighted by Gasteiger charge is -2.05. The minimum Gasteiger partial charge on any atom is -0.396 e. The molecular weight excluding hydrogens is 192 g/mol. The summed E-state index contributed by atoms with van der Waals surface area (Å²) in [7, 11) is 0. The Hall–Kier alpha value is -1.62. The zero-order chi connectivity index (χ0) is 10.7. The van der Waals surface area contributed by atoms with Gasteiger partial charge in [-0.2, -0.15) is 0 Å². The standard InChI is InChI=1S/C10H14N4O/c1-2-11-9-7-3-5-12-10(7)14-8(13-9)4-6-15/h3,5,15H,2,4,6H2,1H3,(H2,11,12,13,14). The molecule has 5 heteroatoms. The minimum atomic E-state index is 0.0672. The third kappa shape index (κ3) is 1.92. The van der Waals surface area contributed by atoms with Crippen LogP contribution in [0.1, 0.15) is 12.7 Å². The molecule has 3 N–H and O–H groups in total. The highest BCUT2D eigenvalue weighted by molar-refractivity contribution is 5.86. The average Bonchev–Trinajstić information content (AvgIpc) is 2.67. The zero-order valence-electron chi connectivity index (χ0n) is 8.62. The Labute approximate surface area is 87.6 Å². The summed E-state index contributed by atoms with van der Waals surface area (Å²) in [5.41, 5.74) is 0.810. The van der Waals surface area contributed by atoms with E-state index < -0.39 is 0 Å². The van der Waals surface area contributed by atoms with Crippen LogP contribution in [0.5, 0.6) is 0 Å². The summed E-state index contributed by atoms with van der Waals surface area (Å²) in [4.78, 5) is 11.7. The summed E-state index contributed by atoms with van der Waals surface area (Å²) in [5.74, 6) is 1.48. The molecule has 0 saturated carbocycles. The molecule has 0 aliphatic heterocycles. The van der Waals surface area contributed by atoms with Gasteiger partial charge in [-0.3, -0.25) is 0 Å². The molecule has 80 valence electrons. The third-order valence-corrected chi connectivity index (χ3v) is 2.14. The molecule has 0 atom stereocenters. The molecule has 0 spiro atoms. The van der Waals surface area contributed by atoms with Crippen LogP contribution in [-0.4, -0.2) is 33.2 Å². The molecular formula is C10H14N4O. The van der Waals surface area contributed by atoms with E-state index in [9.17, 15) is 0 Å². The van der Waals surface area contributed by atoms with Crippen LogP contribution in [-0.2, 0) is 6.42 Å². The molecule has 0 aliphatic rings. The van der Waals surface area contributed by atoms with E-state index in [1.807, 2.05) is 19.2 Å². The molecule has 15 heavy (non-hydrogen) atoms. The molecule has 0 aromatic carbocycles. The number of aliphatic hydroxyl groups excluding tert-OH is 1. The van der Waals surface area contributed by atoms with Crippen molar-refractivity contribution >= 4 is 16.9 Å². The van der Waals surface area contributed by atoms with Gasteiger partial charge in [0.2, 0.25) is 0 Å². The number of aromatic nitrogens is 3. The second-order valence-corrected chi connectivity index (χ2v) is 3.23. The van der Waals surface area contributed by atoms with Crippen LogP contribution in [0.3, 0.4) is 0 Å². The largest absolute Gasteiger partial charge is 0.396 e. The summed E-state index contributed by atoms with van der Waals surface area (Å²) in [5, 5.41) is 13.0. The molecule has 0 radical (unpaired) electrons. The predicted molar refractivity (Wildman–Crippen MR) is 58.8 cm³/mol. The normalized spacial score (nSPS) is 10.8. The van der Waals surface area contributed by atoms with Crippen molar-refractivity contribution < 1.29 is 5.11 Å². The summed E-state index contributed by atoms with van der Waals surface area (Å²) in [6.45, 7) is 2.90. The van der Waals surface area contributed by atoms with Gasteiger partial charge in [0.25, 0.3) is 0 Å². The van der Waals surface area contributed by atoms with Crippen LogP contribution < -0.4 is 5.32 Å². The van der Waals surface area contributed by atoms with Gasteiger partial charge in [-0.1, -0.05) is 0 Å². The number of H-pyrrole nitrogens is 1. The zero-order valence-corrected chi connectivity index (χ0v) is 8.62. The molecule has 0 amide bonds. The molecule has 2 rings (SSSR count). The first-order valence-electron chi connectivity index (χ1n) is 5.04. The van der Waals surface area contributed by atoms with E-state index in [1.54, 1.807) is 0 Å². The lowest BCUT2D eigenvalue weighted by molar-refractivity contribution is 0.297. The number of nitrogens with zero attached hydrogens (tertiary/aromatic N) is 2. The summed E-state index contributed by atoms with van der Waals surface area (Å²) in [6, 6.07) is 1.94. The van der Waals surface area contributed by atoms with Crippen LogP contribution in [0.15, 0.2) is 12.3 Å². The fourth-order valence-electron chi connectivity index (χ4n) is 1.50. The van der Waals surface area contributed by atoms with Gasteiger partial charge in [0.15, 0.2) is 0 Å². The highest BCUT2D eigenvalue weighted by atomic mass is 16.3. The minimum absolute atomic E-state index is 0.0672. The van der Waals surface area contributed by atoms with Crippen molar-refractivity contribution in [2.75, 3.05) is 18.5 Å². The lowest BCUT2D eigenvalue weighted by Crippen LogP contribution is -2.05. The quantitative estimate of drug-likeness (QED) is 0.695. The molecule has 5 nitrogen and oxygen atoms in total. The van der Waals surface area contributed by atoms with Crippen LogP contribution in [0.25, 0.3) is 11.0 Å². The fraction of sp³-hybridized carbons (Fsp3) is 0.400. The Balaban J connectivity index is 2.48. The van der Waals surface area contributed by atoms with Gasteiger partial charge in [-0.25, -0.2) is 9.97 Å². The van der Waals surface area contributed by atoms with E-state index in [2.05, 4.69) is 20.3 Å². The first-order chi connectivity index (χ1) is 7.35. The molecule has 2 aromatic heterocycles. The number of fused-ring (bicyclic) bond motifs is 1. The summed E-state index contributed by atoms with van der Waals surface area (Å²) >= 11 is 0. The van der Waals surface area contributed by atoms with E-state index in [1.165, 1.54) is 0 Å². The summed E-state index contributed by atoms with van der Waals surface area (Å²) in [6.07, 6.45) is 2.32. The second-order valence-electron chi connectivity index (χ2n) is 3.23. The van der Waals surface area contributed by atoms with E-state index in [4.69, 9.17) is 5.11 Å². The second kappa shape index (κ2) is 4.27. The van der Waals surface area contributed by atoms with Gasteiger partial charge >= 0.3 is 0 Å². The first kappa shape index (κ1) is 9.92. The Kier molecular flexibility index (Phi) is 2.82. The maximum absolute atomic E-state index is 8.85. The van der Waals surface area contributed by atoms with Crippen LogP contribution >= 0.6 is 0 Å². The first-order valence-corrected chi connectivity index (χ1v) is 5.04. The number of hydrogen-bond donors (Lipinski definition) is 3. The molecule has 2 heterocycles. The van der Waals surface area contributed by atoms with E-state index >= 15 is 0 Å². The number of nitrogens with one attached hydrogen (secondary N) is 2. The van der Waals surface area contributed by atoms with Crippen molar-refractivity contribution in [3.63, 3.8) is 0 Å². The van der Waals surface area contributed by atoms with E-state index in [0.717, 1.165) is 23.4 Å². The van der Waals surface area contributed by atoms with Crippen LogP contribution in [0.2, 0.25) is 0 Å². The number of rotatable bonds is 4. The number of hydrogen-bond acceptors (Lipinski definition) is 4. The van der Waals surface area contributed by atoms with Gasteiger partial charge in [0.05, 0.1) is 12.0 Å². The highest BCUT2D eigenvalue weighted by Crippen LogP contribution is 2.18. The van der Waals surface area contributed by atoms with Crippen molar-refractivity contribution in [2.24, 2.45) is 0 Å². The van der Waals surface area contributed by atoms with Crippen LogP contribution in [0, 0.1) is 0 Å². The monoisotopic (exact) mass is 206 g/mol. The van der Waals surface area contributed by atoms with Crippen LogP contribution in [0.4, 0.5) is 5.82 Å². The lowest BCUT2D eigenvalue weighted by atomic mass is 10.3. The number of aliphatic hydroxyl groups is 1. The van der Waals surface area contributed by atoms with Crippen molar-refractivity contribution in [2.45, 2.75) is 13.3 Å². The maximum Gasteiger partial charge on any atom is 0.143 e. The SMILES string of the molecule is CCNc1nc(CCO)nc2[nH]ccc12. The van der Waals surface area contributed by atoms with Gasteiger partial charge in [0, 0.05) is 19.2 Å². The molecule has 0 unspecified atom stereocenters. The highest BCUT2D eigenvalue weighted by Gasteiger charge is 2.07. The predicted octanol–water partition coefficient (Wildman–Crippen LogP) is 0.924. The number of anilines is 1. The van der Waals surface area contributed by atoms with Gasteiger partial charge in [-0.05, 0) is 13.0 Å². The third-order valence-electron chi connectivity index (χ3n) is 2.14. The Morgan fingerprint density at radius 3 is 3.07 bits per heavy atom. The van der Waals surface area contributed by atoms with E-state index in [0.29, 0.717) is 12.2 Å². The Bertz CT molecular complexity index is 452. The topological polar surface area (TPSA) is 73.8 Å². The fourth-order valence-corrected chi connectivity index (χ4v) is 1.50. The van der Waals surface area contributed by atoms with Crippen molar-refractivity contribution in [1.82, 2.24) is 15.0 Å². The molecule has 0 fully saturated rings. The number of aromatic amines is 1. The smallest absolute Gasteiger partial charge is 0.143 e. The van der Waals surface area contributed by atoms with E-state index in [-0.39, 0.29) is 6.61 Å².